The van der Waals surface area contributed by atoms with Gasteiger partial charge >= 0.3 is 0 Å². The van der Waals surface area contributed by atoms with E-state index in [4.69, 9.17) is 4.98 Å². The molecule has 2 aliphatic carbocycles. The van der Waals surface area contributed by atoms with Gasteiger partial charge in [0.25, 0.3) is 0 Å². The molecule has 21 heavy (non-hydrogen) atoms. The van der Waals surface area contributed by atoms with Gasteiger partial charge in [-0.05, 0) is 49.8 Å². The summed E-state index contributed by atoms with van der Waals surface area (Å²) >= 11 is 3.80. The van der Waals surface area contributed by atoms with Gasteiger partial charge in [-0.1, -0.05) is 37.8 Å². The maximum atomic E-state index is 4.84. The molecule has 0 N–H and O–H groups in total. The van der Waals surface area contributed by atoms with Crippen molar-refractivity contribution in [3.63, 3.8) is 0 Å². The second kappa shape index (κ2) is 6.27. The Balaban J connectivity index is 1.57. The maximum absolute atomic E-state index is 4.84. The molecule has 4 heteroatoms. The summed E-state index contributed by atoms with van der Waals surface area (Å²) < 4.78 is 5.28. The Morgan fingerprint density at radius 1 is 0.952 bits per heavy atom. The molecule has 2 fully saturated rings. The number of benzene rings is 1. The van der Waals surface area contributed by atoms with Gasteiger partial charge in [-0.15, -0.1) is 11.3 Å². The molecule has 1 heterocycles. The summed E-state index contributed by atoms with van der Waals surface area (Å²) in [5.74, 6) is 0. The number of nitrogens with zero attached hydrogens (tertiary/aromatic N) is 2. The van der Waals surface area contributed by atoms with Gasteiger partial charge in [0.2, 0.25) is 0 Å². The highest BCUT2D eigenvalue weighted by atomic mass is 32.2. The average molecular weight is 319 g/mol. The molecule has 2 aromatic rings. The van der Waals surface area contributed by atoms with E-state index in [1.807, 2.05) is 23.3 Å². The first-order valence-electron chi connectivity index (χ1n) is 8.22. The zero-order chi connectivity index (χ0) is 14.1. The van der Waals surface area contributed by atoms with Crippen molar-refractivity contribution in [2.24, 2.45) is 0 Å². The molecule has 0 saturated heterocycles. The molecule has 0 unspecified atom stereocenters. The first kappa shape index (κ1) is 14.0. The Hall–Kier alpha value is -0.580. The SMILES string of the molecule is c1ccc2sc(SN(C3CCCC3)C3CCCC3)nc2c1. The van der Waals surface area contributed by atoms with Crippen LogP contribution in [0.25, 0.3) is 10.2 Å². The Labute approximate surface area is 135 Å². The van der Waals surface area contributed by atoms with Gasteiger partial charge in [0.05, 0.1) is 10.2 Å². The first-order chi connectivity index (χ1) is 10.4. The third kappa shape index (κ3) is 2.99. The molecule has 112 valence electrons. The van der Waals surface area contributed by atoms with E-state index in [0.29, 0.717) is 0 Å². The quantitative estimate of drug-likeness (QED) is 0.693. The van der Waals surface area contributed by atoms with E-state index in [1.165, 1.54) is 60.4 Å². The van der Waals surface area contributed by atoms with Gasteiger partial charge in [-0.2, -0.15) is 0 Å². The summed E-state index contributed by atoms with van der Waals surface area (Å²) in [5.41, 5.74) is 1.16. The lowest BCUT2D eigenvalue weighted by Crippen LogP contribution is -2.34. The van der Waals surface area contributed by atoms with Crippen molar-refractivity contribution in [3.05, 3.63) is 24.3 Å². The van der Waals surface area contributed by atoms with Gasteiger partial charge in [-0.3, -0.25) is 0 Å². The van der Waals surface area contributed by atoms with Crippen molar-refractivity contribution < 1.29 is 0 Å². The number of hydrogen-bond donors (Lipinski definition) is 0. The standard InChI is InChI=1S/C17H22N2S2/c1-2-8-13(7-1)19(14-9-3-4-10-14)21-17-18-15-11-5-6-12-16(15)20-17/h5-6,11-14H,1-4,7-10H2. The van der Waals surface area contributed by atoms with Crippen LogP contribution >= 0.6 is 23.3 Å². The van der Waals surface area contributed by atoms with Crippen molar-refractivity contribution in [2.75, 3.05) is 0 Å². The average Bonchev–Trinajstić information content (AvgIpc) is 3.24. The Morgan fingerprint density at radius 2 is 1.57 bits per heavy atom. The van der Waals surface area contributed by atoms with Gasteiger partial charge in [-0.25, -0.2) is 9.29 Å². The highest BCUT2D eigenvalue weighted by Crippen LogP contribution is 2.41. The summed E-state index contributed by atoms with van der Waals surface area (Å²) in [6, 6.07) is 10.1. The number of para-hydroxylation sites is 1. The van der Waals surface area contributed by atoms with Crippen LogP contribution in [0.1, 0.15) is 51.4 Å². The van der Waals surface area contributed by atoms with Crippen molar-refractivity contribution in [3.8, 4) is 0 Å². The summed E-state index contributed by atoms with van der Waals surface area (Å²) in [5, 5.41) is 0. The Morgan fingerprint density at radius 3 is 2.19 bits per heavy atom. The first-order valence-corrected chi connectivity index (χ1v) is 9.81. The molecule has 0 bridgehead atoms. The van der Waals surface area contributed by atoms with Crippen LogP contribution in [-0.4, -0.2) is 21.4 Å². The van der Waals surface area contributed by atoms with Crippen LogP contribution < -0.4 is 0 Å². The van der Waals surface area contributed by atoms with E-state index in [9.17, 15) is 0 Å². The summed E-state index contributed by atoms with van der Waals surface area (Å²) in [7, 11) is 0. The summed E-state index contributed by atoms with van der Waals surface area (Å²) in [6.07, 6.45) is 11.2. The topological polar surface area (TPSA) is 16.1 Å². The predicted molar refractivity (Wildman–Crippen MR) is 91.8 cm³/mol. The molecule has 0 atom stereocenters. The molecule has 0 radical (unpaired) electrons. The van der Waals surface area contributed by atoms with Crippen LogP contribution in [0.15, 0.2) is 28.6 Å². The van der Waals surface area contributed by atoms with E-state index < -0.39 is 0 Å². The third-order valence-corrected chi connectivity index (χ3v) is 7.19. The highest BCUT2D eigenvalue weighted by molar-refractivity contribution is 7.99. The molecule has 2 saturated carbocycles. The van der Waals surface area contributed by atoms with Crippen LogP contribution in [0.2, 0.25) is 0 Å². The van der Waals surface area contributed by atoms with Crippen LogP contribution in [0.3, 0.4) is 0 Å². The van der Waals surface area contributed by atoms with Crippen LogP contribution in [0, 0.1) is 0 Å². The molecule has 4 rings (SSSR count). The normalized spacial score (nSPS) is 21.0. The molecular formula is C17H22N2S2. The Kier molecular flexibility index (Phi) is 4.19. The van der Waals surface area contributed by atoms with Crippen molar-refractivity contribution in [2.45, 2.75) is 67.8 Å². The molecule has 0 spiro atoms. The van der Waals surface area contributed by atoms with Crippen molar-refractivity contribution in [1.82, 2.24) is 9.29 Å². The number of rotatable bonds is 4. The molecule has 1 aromatic carbocycles. The van der Waals surface area contributed by atoms with Crippen LogP contribution in [0.5, 0.6) is 0 Å². The van der Waals surface area contributed by atoms with Crippen molar-refractivity contribution >= 4 is 33.5 Å². The number of thiazole rings is 1. The second-order valence-corrected chi connectivity index (χ2v) is 8.56. The largest absolute Gasteiger partial charge is 0.238 e. The van der Waals surface area contributed by atoms with E-state index in [-0.39, 0.29) is 0 Å². The molecular weight excluding hydrogens is 296 g/mol. The van der Waals surface area contributed by atoms with Gasteiger partial charge in [0.15, 0.2) is 4.34 Å². The molecule has 0 aliphatic heterocycles. The minimum Gasteiger partial charge on any atom is -0.238 e. The smallest absolute Gasteiger partial charge is 0.166 e. The summed E-state index contributed by atoms with van der Waals surface area (Å²) in [4.78, 5) is 4.84. The van der Waals surface area contributed by atoms with Crippen molar-refractivity contribution in [1.29, 1.82) is 0 Å². The fourth-order valence-electron chi connectivity index (χ4n) is 3.74. The molecule has 2 aliphatic rings. The lowest BCUT2D eigenvalue weighted by molar-refractivity contribution is 0.277. The number of aromatic nitrogens is 1. The molecule has 0 amide bonds. The zero-order valence-corrected chi connectivity index (χ0v) is 14.0. The number of hydrogen-bond acceptors (Lipinski definition) is 4. The van der Waals surface area contributed by atoms with E-state index in [1.54, 1.807) is 0 Å². The van der Waals surface area contributed by atoms with Gasteiger partial charge in [0.1, 0.15) is 0 Å². The highest BCUT2D eigenvalue weighted by Gasteiger charge is 2.32. The predicted octanol–water partition coefficient (Wildman–Crippen LogP) is 5.49. The minimum absolute atomic E-state index is 0.783. The maximum Gasteiger partial charge on any atom is 0.166 e. The van der Waals surface area contributed by atoms with E-state index in [0.717, 1.165) is 17.6 Å². The van der Waals surface area contributed by atoms with Gasteiger partial charge < -0.3 is 0 Å². The fraction of sp³-hybridized carbons (Fsp3) is 0.588. The van der Waals surface area contributed by atoms with Crippen LogP contribution in [0.4, 0.5) is 0 Å². The Bertz CT molecular complexity index is 549. The lowest BCUT2D eigenvalue weighted by Gasteiger charge is -2.32. The molecule has 1 aromatic heterocycles. The second-order valence-electron chi connectivity index (χ2n) is 6.28. The summed E-state index contributed by atoms with van der Waals surface area (Å²) in [6.45, 7) is 0. The van der Waals surface area contributed by atoms with Gasteiger partial charge in [0, 0.05) is 12.1 Å². The third-order valence-electron chi connectivity index (χ3n) is 4.83. The zero-order valence-electron chi connectivity index (χ0n) is 12.3. The molecule has 2 nitrogen and oxygen atoms in total. The lowest BCUT2D eigenvalue weighted by atomic mass is 10.2. The monoisotopic (exact) mass is 318 g/mol. The van der Waals surface area contributed by atoms with E-state index in [2.05, 4.69) is 28.6 Å². The van der Waals surface area contributed by atoms with Crippen LogP contribution in [-0.2, 0) is 0 Å². The van der Waals surface area contributed by atoms with E-state index >= 15 is 0 Å². The minimum atomic E-state index is 0.783. The fourth-order valence-corrected chi connectivity index (χ4v) is 6.16. The number of fused-ring (bicyclic) bond motifs is 1.